The van der Waals surface area contributed by atoms with Crippen molar-refractivity contribution in [2.75, 3.05) is 45.9 Å². The molecular formula is C17H26ClN3O3S. The van der Waals surface area contributed by atoms with E-state index < -0.39 is 10.2 Å². The number of benzene rings is 1. The summed E-state index contributed by atoms with van der Waals surface area (Å²) in [4.78, 5) is 2.27. The molecule has 2 saturated heterocycles. The minimum absolute atomic E-state index is 0.545. The molecule has 1 aromatic carbocycles. The Bertz CT molecular complexity index is 684. The average molecular weight is 388 g/mol. The zero-order chi connectivity index (χ0) is 17.9. The smallest absolute Gasteiger partial charge is 0.282 e. The summed E-state index contributed by atoms with van der Waals surface area (Å²) in [6.07, 6.45) is 1.94. The molecular weight excluding hydrogens is 362 g/mol. The van der Waals surface area contributed by atoms with Gasteiger partial charge >= 0.3 is 0 Å². The van der Waals surface area contributed by atoms with Gasteiger partial charge in [0.1, 0.15) is 5.75 Å². The highest BCUT2D eigenvalue weighted by Crippen LogP contribution is 2.26. The van der Waals surface area contributed by atoms with Crippen LogP contribution in [0.15, 0.2) is 18.2 Å². The Morgan fingerprint density at radius 1 is 1.04 bits per heavy atom. The van der Waals surface area contributed by atoms with Gasteiger partial charge in [0.15, 0.2) is 0 Å². The highest BCUT2D eigenvalue weighted by atomic mass is 35.5. The minimum Gasteiger partial charge on any atom is -0.492 e. The molecule has 0 radical (unpaired) electrons. The van der Waals surface area contributed by atoms with Gasteiger partial charge in [-0.25, -0.2) is 0 Å². The summed E-state index contributed by atoms with van der Waals surface area (Å²) < 4.78 is 33.9. The standard InChI is InChI=1S/C17H26ClN3O3S/c1-2-24-17-6-5-15(13-16(17)18)14-19-9-11-21(12-10-19)25(22,23)20-7-3-4-8-20/h5-6,13H,2-4,7-12,14H2,1H3. The maximum absolute atomic E-state index is 12.6. The van der Waals surface area contributed by atoms with Gasteiger partial charge in [-0.1, -0.05) is 17.7 Å². The van der Waals surface area contributed by atoms with Gasteiger partial charge in [-0.15, -0.1) is 0 Å². The van der Waals surface area contributed by atoms with Crippen molar-refractivity contribution in [2.24, 2.45) is 0 Å². The van der Waals surface area contributed by atoms with Crippen molar-refractivity contribution >= 4 is 21.8 Å². The molecule has 0 atom stereocenters. The molecule has 0 unspecified atom stereocenters. The molecule has 140 valence electrons. The monoisotopic (exact) mass is 387 g/mol. The molecule has 8 heteroatoms. The van der Waals surface area contributed by atoms with Crippen LogP contribution in [0, 0.1) is 0 Å². The van der Waals surface area contributed by atoms with Crippen LogP contribution in [0.4, 0.5) is 0 Å². The lowest BCUT2D eigenvalue weighted by atomic mass is 10.2. The molecule has 2 aliphatic heterocycles. The van der Waals surface area contributed by atoms with Gasteiger partial charge in [0.2, 0.25) is 0 Å². The fraction of sp³-hybridized carbons (Fsp3) is 0.647. The molecule has 3 rings (SSSR count). The minimum atomic E-state index is -3.27. The van der Waals surface area contributed by atoms with Crippen molar-refractivity contribution in [3.05, 3.63) is 28.8 Å². The Labute approximate surface area is 155 Å². The maximum atomic E-state index is 12.6. The van der Waals surface area contributed by atoms with Gasteiger partial charge in [-0.2, -0.15) is 17.0 Å². The summed E-state index contributed by atoms with van der Waals surface area (Å²) in [5.74, 6) is 0.703. The highest BCUT2D eigenvalue weighted by molar-refractivity contribution is 7.86. The lowest BCUT2D eigenvalue weighted by Gasteiger charge is -2.35. The Kier molecular flexibility index (Phi) is 6.22. The molecule has 25 heavy (non-hydrogen) atoms. The number of hydrogen-bond donors (Lipinski definition) is 0. The number of ether oxygens (including phenoxy) is 1. The summed E-state index contributed by atoms with van der Waals surface area (Å²) in [6.45, 7) is 7.17. The normalized spacial score (nSPS) is 20.9. The first-order valence-corrected chi connectivity index (χ1v) is 10.7. The zero-order valence-corrected chi connectivity index (χ0v) is 16.2. The number of nitrogens with zero attached hydrogens (tertiary/aromatic N) is 3. The number of rotatable bonds is 6. The Balaban J connectivity index is 1.55. The van der Waals surface area contributed by atoms with Crippen LogP contribution in [0.3, 0.4) is 0 Å². The van der Waals surface area contributed by atoms with Crippen LogP contribution in [0.25, 0.3) is 0 Å². The molecule has 6 nitrogen and oxygen atoms in total. The van der Waals surface area contributed by atoms with E-state index >= 15 is 0 Å². The first kappa shape index (κ1) is 18.9. The van der Waals surface area contributed by atoms with Crippen LogP contribution >= 0.6 is 11.6 Å². The Morgan fingerprint density at radius 3 is 2.28 bits per heavy atom. The largest absolute Gasteiger partial charge is 0.492 e. The number of piperazine rings is 1. The Morgan fingerprint density at radius 2 is 1.68 bits per heavy atom. The molecule has 1 aromatic rings. The fourth-order valence-electron chi connectivity index (χ4n) is 3.37. The summed E-state index contributed by atoms with van der Waals surface area (Å²) in [7, 11) is -3.27. The molecule has 0 amide bonds. The van der Waals surface area contributed by atoms with Crippen LogP contribution in [0.2, 0.25) is 5.02 Å². The SMILES string of the molecule is CCOc1ccc(CN2CCN(S(=O)(=O)N3CCCC3)CC2)cc1Cl. The molecule has 2 heterocycles. The second kappa shape index (κ2) is 8.22. The van der Waals surface area contributed by atoms with E-state index in [2.05, 4.69) is 4.90 Å². The van der Waals surface area contributed by atoms with Gasteiger partial charge in [-0.05, 0) is 37.5 Å². The van der Waals surface area contributed by atoms with Crippen LogP contribution < -0.4 is 4.74 Å². The quantitative estimate of drug-likeness (QED) is 0.750. The van der Waals surface area contributed by atoms with E-state index in [1.54, 1.807) is 8.61 Å². The third kappa shape index (κ3) is 4.46. The number of halogens is 1. The van der Waals surface area contributed by atoms with Crippen molar-refractivity contribution in [1.82, 2.24) is 13.5 Å². The maximum Gasteiger partial charge on any atom is 0.282 e. The summed E-state index contributed by atoms with van der Waals surface area (Å²) in [5, 5.41) is 0.620. The van der Waals surface area contributed by atoms with Gasteiger partial charge in [-0.3, -0.25) is 4.90 Å². The lowest BCUT2D eigenvalue weighted by Crippen LogP contribution is -2.52. The predicted octanol–water partition coefficient (Wildman–Crippen LogP) is 2.20. The molecule has 0 N–H and O–H groups in total. The third-order valence-corrected chi connectivity index (χ3v) is 7.08. The lowest BCUT2D eigenvalue weighted by molar-refractivity contribution is 0.176. The predicted molar refractivity (Wildman–Crippen MR) is 99.2 cm³/mol. The van der Waals surface area contributed by atoms with E-state index in [1.807, 2.05) is 25.1 Å². The number of hydrogen-bond acceptors (Lipinski definition) is 4. The van der Waals surface area contributed by atoms with E-state index in [4.69, 9.17) is 16.3 Å². The van der Waals surface area contributed by atoms with Crippen molar-refractivity contribution < 1.29 is 13.2 Å². The first-order valence-electron chi connectivity index (χ1n) is 8.89. The van der Waals surface area contributed by atoms with Crippen molar-refractivity contribution in [3.8, 4) is 5.75 Å². The summed E-state index contributed by atoms with van der Waals surface area (Å²) in [6, 6.07) is 5.85. The Hall–Kier alpha value is -0.860. The first-order chi connectivity index (χ1) is 12.0. The molecule has 0 bridgehead atoms. The molecule has 0 aliphatic carbocycles. The molecule has 2 fully saturated rings. The van der Waals surface area contributed by atoms with Crippen molar-refractivity contribution in [2.45, 2.75) is 26.3 Å². The van der Waals surface area contributed by atoms with Gasteiger partial charge in [0.25, 0.3) is 10.2 Å². The van der Waals surface area contributed by atoms with Crippen LogP contribution in [0.5, 0.6) is 5.75 Å². The van der Waals surface area contributed by atoms with Crippen molar-refractivity contribution in [3.63, 3.8) is 0 Å². The van der Waals surface area contributed by atoms with Crippen molar-refractivity contribution in [1.29, 1.82) is 0 Å². The molecule has 0 saturated carbocycles. The fourth-order valence-corrected chi connectivity index (χ4v) is 5.30. The molecule has 0 aromatic heterocycles. The van der Waals surface area contributed by atoms with E-state index in [0.717, 1.165) is 38.0 Å². The summed E-state index contributed by atoms with van der Waals surface area (Å²) in [5.41, 5.74) is 1.12. The topological polar surface area (TPSA) is 53.1 Å². The highest BCUT2D eigenvalue weighted by Gasteiger charge is 2.33. The summed E-state index contributed by atoms with van der Waals surface area (Å²) >= 11 is 6.24. The molecule has 0 spiro atoms. The van der Waals surface area contributed by atoms with Gasteiger partial charge in [0.05, 0.1) is 11.6 Å². The van der Waals surface area contributed by atoms with Gasteiger partial charge in [0, 0.05) is 45.8 Å². The van der Waals surface area contributed by atoms with E-state index in [1.165, 1.54) is 0 Å². The third-order valence-electron chi connectivity index (χ3n) is 4.75. The second-order valence-electron chi connectivity index (χ2n) is 6.49. The molecule has 2 aliphatic rings. The van der Waals surface area contributed by atoms with E-state index in [0.29, 0.717) is 43.6 Å². The van der Waals surface area contributed by atoms with Crippen LogP contribution in [0.1, 0.15) is 25.3 Å². The van der Waals surface area contributed by atoms with E-state index in [-0.39, 0.29) is 0 Å². The van der Waals surface area contributed by atoms with Gasteiger partial charge < -0.3 is 4.74 Å². The van der Waals surface area contributed by atoms with Crippen LogP contribution in [-0.4, -0.2) is 67.8 Å². The van der Waals surface area contributed by atoms with Crippen LogP contribution in [-0.2, 0) is 16.8 Å². The zero-order valence-electron chi connectivity index (χ0n) is 14.7. The second-order valence-corrected chi connectivity index (χ2v) is 8.82. The van der Waals surface area contributed by atoms with E-state index in [9.17, 15) is 8.42 Å². The average Bonchev–Trinajstić information content (AvgIpc) is 3.13.